The Bertz CT molecular complexity index is 895. The number of aryl methyl sites for hydroxylation is 1. The van der Waals surface area contributed by atoms with Crippen molar-refractivity contribution in [3.63, 3.8) is 0 Å². The maximum atomic E-state index is 12.9. The van der Waals surface area contributed by atoms with Crippen LogP contribution in [0.5, 0.6) is 0 Å². The molecule has 132 valence electrons. The van der Waals surface area contributed by atoms with Crippen LogP contribution in [0.3, 0.4) is 0 Å². The Hall–Kier alpha value is -2.25. The molecule has 0 aromatic heterocycles. The number of amides is 1. The first kappa shape index (κ1) is 17.6. The molecule has 0 fully saturated rings. The summed E-state index contributed by atoms with van der Waals surface area (Å²) < 4.78 is 40.4. The van der Waals surface area contributed by atoms with E-state index in [4.69, 9.17) is 0 Å². The Balaban J connectivity index is 1.80. The van der Waals surface area contributed by atoms with Crippen molar-refractivity contribution >= 4 is 21.6 Å². The molecule has 0 atom stereocenters. The minimum absolute atomic E-state index is 0.0500. The van der Waals surface area contributed by atoms with Crippen LogP contribution >= 0.6 is 0 Å². The summed E-state index contributed by atoms with van der Waals surface area (Å²) in [5, 5.41) is 0. The molecule has 2 aromatic rings. The fraction of sp³-hybridized carbons (Fsp3) is 0.278. The lowest BCUT2D eigenvalue weighted by molar-refractivity contribution is -0.116. The molecule has 1 heterocycles. The quantitative estimate of drug-likeness (QED) is 0.909. The molecule has 5 nitrogen and oxygen atoms in total. The number of nitrogens with one attached hydrogen (secondary N) is 1. The van der Waals surface area contributed by atoms with Crippen molar-refractivity contribution in [2.24, 2.45) is 0 Å². The lowest BCUT2D eigenvalue weighted by Crippen LogP contribution is -2.33. The zero-order chi connectivity index (χ0) is 18.0. The Morgan fingerprint density at radius 1 is 1.20 bits per heavy atom. The van der Waals surface area contributed by atoms with Gasteiger partial charge in [0.25, 0.3) is 0 Å². The Morgan fingerprint density at radius 2 is 1.92 bits per heavy atom. The van der Waals surface area contributed by atoms with Crippen LogP contribution in [-0.2, 0) is 27.8 Å². The van der Waals surface area contributed by atoms with Crippen molar-refractivity contribution in [1.29, 1.82) is 0 Å². The van der Waals surface area contributed by atoms with E-state index in [0.29, 0.717) is 12.1 Å². The van der Waals surface area contributed by atoms with Gasteiger partial charge >= 0.3 is 0 Å². The minimum Gasteiger partial charge on any atom is -0.312 e. The second kappa shape index (κ2) is 6.93. The molecule has 0 saturated carbocycles. The monoisotopic (exact) mass is 362 g/mol. The standard InChI is InChI=1S/C18H19FN2O3S/c1-13(22)21-10-2-3-15-11-17(8-9-18(15)21)25(23,24)20-12-14-4-6-16(19)7-5-14/h4-9,11,20H,2-3,10,12H2,1H3. The highest BCUT2D eigenvalue weighted by atomic mass is 32.2. The van der Waals surface area contributed by atoms with E-state index in [0.717, 1.165) is 24.1 Å². The second-order valence-electron chi connectivity index (χ2n) is 6.02. The molecule has 1 amide bonds. The molecule has 0 unspecified atom stereocenters. The van der Waals surface area contributed by atoms with Gasteiger partial charge in [-0.2, -0.15) is 0 Å². The average molecular weight is 362 g/mol. The molecule has 2 aromatic carbocycles. The van der Waals surface area contributed by atoms with Crippen LogP contribution in [0.1, 0.15) is 24.5 Å². The molecular formula is C18H19FN2O3S. The van der Waals surface area contributed by atoms with Crippen molar-refractivity contribution < 1.29 is 17.6 Å². The van der Waals surface area contributed by atoms with Crippen LogP contribution in [0.4, 0.5) is 10.1 Å². The number of benzene rings is 2. The van der Waals surface area contributed by atoms with Crippen molar-refractivity contribution in [2.45, 2.75) is 31.2 Å². The smallest absolute Gasteiger partial charge is 0.240 e. The van der Waals surface area contributed by atoms with E-state index < -0.39 is 10.0 Å². The highest BCUT2D eigenvalue weighted by molar-refractivity contribution is 7.89. The lowest BCUT2D eigenvalue weighted by atomic mass is 10.0. The highest BCUT2D eigenvalue weighted by Crippen LogP contribution is 2.29. The van der Waals surface area contributed by atoms with E-state index >= 15 is 0 Å². The van der Waals surface area contributed by atoms with Gasteiger partial charge in [-0.05, 0) is 54.3 Å². The fourth-order valence-corrected chi connectivity index (χ4v) is 4.00. The van der Waals surface area contributed by atoms with Gasteiger partial charge in [0.05, 0.1) is 4.90 Å². The van der Waals surface area contributed by atoms with E-state index in [1.807, 2.05) is 0 Å². The Kier molecular flexibility index (Phi) is 4.87. The first-order chi connectivity index (χ1) is 11.9. The maximum Gasteiger partial charge on any atom is 0.240 e. The van der Waals surface area contributed by atoms with Crippen LogP contribution in [0.2, 0.25) is 0 Å². The molecule has 25 heavy (non-hydrogen) atoms. The summed E-state index contributed by atoms with van der Waals surface area (Å²) in [7, 11) is -3.69. The Morgan fingerprint density at radius 3 is 2.60 bits per heavy atom. The summed E-state index contributed by atoms with van der Waals surface area (Å²) in [6.07, 6.45) is 1.54. The maximum absolute atomic E-state index is 12.9. The third-order valence-electron chi connectivity index (χ3n) is 4.24. The number of carbonyl (C=O) groups excluding carboxylic acids is 1. The average Bonchev–Trinajstić information content (AvgIpc) is 2.60. The normalized spacial score (nSPS) is 14.2. The number of hydrogen-bond donors (Lipinski definition) is 1. The van der Waals surface area contributed by atoms with Gasteiger partial charge in [0.1, 0.15) is 5.82 Å². The number of fused-ring (bicyclic) bond motifs is 1. The topological polar surface area (TPSA) is 66.5 Å². The van der Waals surface area contributed by atoms with Crippen LogP contribution in [-0.4, -0.2) is 20.9 Å². The van der Waals surface area contributed by atoms with E-state index in [-0.39, 0.29) is 23.2 Å². The molecular weight excluding hydrogens is 343 g/mol. The van der Waals surface area contributed by atoms with E-state index in [1.54, 1.807) is 17.0 Å². The van der Waals surface area contributed by atoms with Gasteiger partial charge in [0.15, 0.2) is 0 Å². The van der Waals surface area contributed by atoms with Crippen molar-refractivity contribution in [1.82, 2.24) is 4.72 Å². The van der Waals surface area contributed by atoms with Crippen LogP contribution in [0.25, 0.3) is 0 Å². The summed E-state index contributed by atoms with van der Waals surface area (Å²) in [5.41, 5.74) is 2.30. The van der Waals surface area contributed by atoms with E-state index in [2.05, 4.69) is 4.72 Å². The molecule has 1 N–H and O–H groups in total. The number of carbonyl (C=O) groups is 1. The molecule has 1 aliphatic rings. The van der Waals surface area contributed by atoms with Gasteiger partial charge in [-0.25, -0.2) is 17.5 Å². The van der Waals surface area contributed by atoms with Crippen molar-refractivity contribution in [2.75, 3.05) is 11.4 Å². The molecule has 0 saturated heterocycles. The van der Waals surface area contributed by atoms with Gasteiger partial charge in [-0.15, -0.1) is 0 Å². The Labute approximate surface area is 146 Å². The lowest BCUT2D eigenvalue weighted by Gasteiger charge is -2.28. The minimum atomic E-state index is -3.69. The predicted octanol–water partition coefficient (Wildman–Crippen LogP) is 2.60. The highest BCUT2D eigenvalue weighted by Gasteiger charge is 2.22. The van der Waals surface area contributed by atoms with Crippen molar-refractivity contribution in [3.8, 4) is 0 Å². The summed E-state index contributed by atoms with van der Waals surface area (Å²) in [5.74, 6) is -0.415. The number of hydrogen-bond acceptors (Lipinski definition) is 3. The van der Waals surface area contributed by atoms with E-state index in [1.165, 1.54) is 37.3 Å². The largest absolute Gasteiger partial charge is 0.312 e. The number of sulfonamides is 1. The van der Waals surface area contributed by atoms with Gasteiger partial charge in [0.2, 0.25) is 15.9 Å². The molecule has 1 aliphatic heterocycles. The third kappa shape index (κ3) is 3.88. The fourth-order valence-electron chi connectivity index (χ4n) is 2.93. The number of rotatable bonds is 4. The molecule has 0 spiro atoms. The number of nitrogens with zero attached hydrogens (tertiary/aromatic N) is 1. The molecule has 0 bridgehead atoms. The first-order valence-corrected chi connectivity index (χ1v) is 9.50. The molecule has 3 rings (SSSR count). The molecule has 0 radical (unpaired) electrons. The third-order valence-corrected chi connectivity index (χ3v) is 5.64. The summed E-state index contributed by atoms with van der Waals surface area (Å²) >= 11 is 0. The summed E-state index contributed by atoms with van der Waals surface area (Å²) in [6.45, 7) is 2.24. The zero-order valence-corrected chi connectivity index (χ0v) is 14.6. The van der Waals surface area contributed by atoms with Gasteiger partial charge in [0, 0.05) is 25.7 Å². The van der Waals surface area contributed by atoms with Gasteiger partial charge < -0.3 is 4.90 Å². The van der Waals surface area contributed by atoms with Crippen LogP contribution in [0.15, 0.2) is 47.4 Å². The SMILES string of the molecule is CC(=O)N1CCCc2cc(S(=O)(=O)NCc3ccc(F)cc3)ccc21. The van der Waals surface area contributed by atoms with E-state index in [9.17, 15) is 17.6 Å². The van der Waals surface area contributed by atoms with Crippen molar-refractivity contribution in [3.05, 3.63) is 59.4 Å². The van der Waals surface area contributed by atoms with Gasteiger partial charge in [-0.3, -0.25) is 4.79 Å². The molecule has 0 aliphatic carbocycles. The molecule has 7 heteroatoms. The predicted molar refractivity (Wildman–Crippen MR) is 93.2 cm³/mol. The summed E-state index contributed by atoms with van der Waals surface area (Å²) in [4.78, 5) is 13.5. The zero-order valence-electron chi connectivity index (χ0n) is 13.8. The first-order valence-electron chi connectivity index (χ1n) is 8.02. The number of halogens is 1. The van der Waals surface area contributed by atoms with Gasteiger partial charge in [-0.1, -0.05) is 12.1 Å². The summed E-state index contributed by atoms with van der Waals surface area (Å²) in [6, 6.07) is 10.5. The van der Waals surface area contributed by atoms with Crippen LogP contribution in [0, 0.1) is 5.82 Å². The second-order valence-corrected chi connectivity index (χ2v) is 7.78. The van der Waals surface area contributed by atoms with Crippen LogP contribution < -0.4 is 9.62 Å². The number of anilines is 1.